The predicted octanol–water partition coefficient (Wildman–Crippen LogP) is 14.2. The summed E-state index contributed by atoms with van der Waals surface area (Å²) < 4.78 is 16.4. The number of aromatic nitrogens is 2. The first-order valence-electron chi connectivity index (χ1n) is 21.8. The molecule has 0 spiro atoms. The van der Waals surface area contributed by atoms with Crippen molar-refractivity contribution < 1.29 is 30.5 Å². The van der Waals surface area contributed by atoms with Crippen molar-refractivity contribution in [1.29, 1.82) is 0 Å². The molecule has 62 heavy (non-hydrogen) atoms. The fraction of sp³-hybridized carbons (Fsp3) is 0.357. The molecule has 2 aromatic heterocycles. The third-order valence-corrected chi connectivity index (χ3v) is 13.1. The predicted molar refractivity (Wildman–Crippen MR) is 253 cm³/mol. The van der Waals surface area contributed by atoms with Gasteiger partial charge in [0.15, 0.2) is 0 Å². The quantitative estimate of drug-likeness (QED) is 0.143. The van der Waals surface area contributed by atoms with Crippen LogP contribution < -0.4 is 4.74 Å². The van der Waals surface area contributed by atoms with E-state index in [1.807, 2.05) is 12.3 Å². The molecule has 1 aliphatic heterocycles. The molecule has 7 aromatic rings. The summed E-state index contributed by atoms with van der Waals surface area (Å²) in [6.45, 7) is 29.1. The Kier molecular flexibility index (Phi) is 11.8. The van der Waals surface area contributed by atoms with Gasteiger partial charge in [-0.15, -0.1) is 35.4 Å². The molecule has 1 aliphatic rings. The van der Waals surface area contributed by atoms with Gasteiger partial charge in [-0.3, -0.25) is 4.99 Å². The molecule has 0 N–H and O–H groups in total. The molecule has 5 nitrogen and oxygen atoms in total. The van der Waals surface area contributed by atoms with Crippen molar-refractivity contribution in [2.75, 3.05) is 0 Å². The molecule has 0 fully saturated rings. The summed E-state index contributed by atoms with van der Waals surface area (Å²) in [7, 11) is 0. The van der Waals surface area contributed by atoms with E-state index in [9.17, 15) is 0 Å². The van der Waals surface area contributed by atoms with Crippen molar-refractivity contribution >= 4 is 27.8 Å². The van der Waals surface area contributed by atoms with Crippen LogP contribution in [0.25, 0.3) is 27.6 Å². The summed E-state index contributed by atoms with van der Waals surface area (Å²) >= 11 is 0. The van der Waals surface area contributed by atoms with Gasteiger partial charge < -0.3 is 14.0 Å². The number of rotatable bonds is 8. The van der Waals surface area contributed by atoms with Gasteiger partial charge in [0.1, 0.15) is 22.7 Å². The van der Waals surface area contributed by atoms with Crippen LogP contribution in [0.5, 0.6) is 11.5 Å². The molecule has 322 valence electrons. The Labute approximate surface area is 384 Å². The fourth-order valence-corrected chi connectivity index (χ4v) is 8.91. The Bertz CT molecular complexity index is 2730. The van der Waals surface area contributed by atoms with Crippen LogP contribution in [0.2, 0.25) is 0 Å². The largest absolute Gasteiger partial charge is 2.00 e. The standard InChI is InChI=1S/C56H61N3O2.Pt/c1-36(2)56(13)55(12,49(37-21-16-14-17-22-37)38-23-18-15-19-24-38)58-51(61-56)39-29-41(53(6,7)8)32-44(30-39)60-45-33-42(54(9,10)11)31-43(35-45)59-48-27-26-40(52(3,4)5)34-47(48)46-25-20-28-57-50(46)59;/h14-29,31-34,36,49H,1-13H3;/q-2;+2/t55-,56-;/m1./s1. The summed E-state index contributed by atoms with van der Waals surface area (Å²) in [5.74, 6) is 1.83. The monoisotopic (exact) mass is 1000 g/mol. The first-order valence-corrected chi connectivity index (χ1v) is 21.8. The maximum absolute atomic E-state index is 7.20. The molecule has 0 bridgehead atoms. The van der Waals surface area contributed by atoms with E-state index in [-0.39, 0.29) is 49.1 Å². The zero-order chi connectivity index (χ0) is 43.7. The number of ether oxygens (including phenoxy) is 2. The van der Waals surface area contributed by atoms with Crippen LogP contribution in [0, 0.1) is 18.1 Å². The molecule has 2 atom stereocenters. The number of fused-ring (bicyclic) bond motifs is 3. The van der Waals surface area contributed by atoms with Crippen LogP contribution >= 0.6 is 0 Å². The number of hydrogen-bond acceptors (Lipinski definition) is 4. The van der Waals surface area contributed by atoms with Crippen molar-refractivity contribution in [1.82, 2.24) is 9.55 Å². The summed E-state index contributed by atoms with van der Waals surface area (Å²) in [6, 6.07) is 48.4. The third kappa shape index (κ3) is 8.19. The maximum Gasteiger partial charge on any atom is 2.00 e. The first-order chi connectivity index (χ1) is 28.7. The van der Waals surface area contributed by atoms with Crippen LogP contribution in [0.4, 0.5) is 0 Å². The molecule has 3 heterocycles. The minimum Gasteiger partial charge on any atom is -0.511 e. The van der Waals surface area contributed by atoms with Crippen molar-refractivity contribution in [3.8, 4) is 17.2 Å². The van der Waals surface area contributed by atoms with Crippen LogP contribution in [0.3, 0.4) is 0 Å². The summed E-state index contributed by atoms with van der Waals surface area (Å²) in [5, 5.41) is 2.28. The first kappa shape index (κ1) is 45.0. The van der Waals surface area contributed by atoms with E-state index < -0.39 is 11.1 Å². The Morgan fingerprint density at radius 1 is 0.629 bits per heavy atom. The maximum atomic E-state index is 7.20. The zero-order valence-corrected chi connectivity index (χ0v) is 40.9. The van der Waals surface area contributed by atoms with Crippen molar-refractivity contribution in [2.45, 2.75) is 123 Å². The van der Waals surface area contributed by atoms with Gasteiger partial charge in [0.2, 0.25) is 0 Å². The number of hydrogen-bond donors (Lipinski definition) is 0. The van der Waals surface area contributed by atoms with E-state index in [4.69, 9.17) is 19.5 Å². The Morgan fingerprint density at radius 2 is 1.19 bits per heavy atom. The van der Waals surface area contributed by atoms with Crippen LogP contribution in [0.15, 0.2) is 126 Å². The second kappa shape index (κ2) is 16.3. The number of nitrogens with zero attached hydrogens (tertiary/aromatic N) is 3. The molecule has 5 aromatic carbocycles. The van der Waals surface area contributed by atoms with E-state index in [2.05, 4.69) is 216 Å². The average Bonchev–Trinajstić information content (AvgIpc) is 3.69. The minimum atomic E-state index is -0.667. The third-order valence-electron chi connectivity index (χ3n) is 13.1. The van der Waals surface area contributed by atoms with Gasteiger partial charge in [-0.1, -0.05) is 166 Å². The number of pyridine rings is 1. The molecule has 0 unspecified atom stereocenters. The normalized spacial score (nSPS) is 18.3. The molecule has 0 amide bonds. The summed E-state index contributed by atoms with van der Waals surface area (Å²) in [5.41, 5.74) is 7.82. The van der Waals surface area contributed by atoms with E-state index in [1.165, 1.54) is 22.1 Å². The summed E-state index contributed by atoms with van der Waals surface area (Å²) in [4.78, 5) is 10.6. The van der Waals surface area contributed by atoms with Gasteiger partial charge in [-0.2, -0.15) is 0 Å². The topological polar surface area (TPSA) is 48.6 Å². The summed E-state index contributed by atoms with van der Waals surface area (Å²) in [6.07, 6.45) is 1.87. The van der Waals surface area contributed by atoms with Gasteiger partial charge in [0.25, 0.3) is 0 Å². The molecule has 6 heteroatoms. The Hall–Kier alpha value is -4.99. The Balaban J connectivity index is 0.00000578. The smallest absolute Gasteiger partial charge is 0.511 e. The van der Waals surface area contributed by atoms with Crippen molar-refractivity contribution in [2.24, 2.45) is 10.9 Å². The van der Waals surface area contributed by atoms with Crippen molar-refractivity contribution in [3.05, 3.63) is 167 Å². The van der Waals surface area contributed by atoms with E-state index >= 15 is 0 Å². The molecule has 0 aliphatic carbocycles. The van der Waals surface area contributed by atoms with E-state index in [0.717, 1.165) is 38.9 Å². The molecule has 0 saturated heterocycles. The van der Waals surface area contributed by atoms with Crippen LogP contribution in [0.1, 0.15) is 129 Å². The van der Waals surface area contributed by atoms with Gasteiger partial charge >= 0.3 is 21.1 Å². The molecule has 0 saturated carbocycles. The van der Waals surface area contributed by atoms with Gasteiger partial charge in [-0.05, 0) is 77.0 Å². The van der Waals surface area contributed by atoms with Crippen molar-refractivity contribution in [3.63, 3.8) is 0 Å². The Morgan fingerprint density at radius 3 is 1.76 bits per heavy atom. The fourth-order valence-electron chi connectivity index (χ4n) is 8.91. The van der Waals surface area contributed by atoms with E-state index in [1.54, 1.807) is 0 Å². The van der Waals surface area contributed by atoms with Gasteiger partial charge in [0.05, 0.1) is 5.52 Å². The molecular formula is C56H61N3O2Pt. The van der Waals surface area contributed by atoms with Crippen LogP contribution in [-0.2, 0) is 42.0 Å². The van der Waals surface area contributed by atoms with E-state index in [0.29, 0.717) is 17.4 Å². The number of aliphatic imine (C=N–C) groups is 1. The second-order valence-electron chi connectivity index (χ2n) is 20.7. The SMILES string of the molecule is CC(C)[C@@]1(C)OC(c2[c-]c(Oc3[c-]c(-n4c5ccc(C(C)(C)C)cc5c5cccnc54)cc(C(C)(C)C)c3)cc(C(C)(C)C)c2)=N[C@]1(C)C(c1ccccc1)c1ccccc1.[Pt+2]. The minimum absolute atomic E-state index is 0. The van der Waals surface area contributed by atoms with Gasteiger partial charge in [0, 0.05) is 34.4 Å². The molecule has 8 rings (SSSR count). The molecular weight excluding hydrogens is 942 g/mol. The van der Waals surface area contributed by atoms with Crippen LogP contribution in [-0.4, -0.2) is 26.6 Å². The average molecular weight is 1000 g/mol. The second-order valence-corrected chi connectivity index (χ2v) is 20.7. The molecule has 0 radical (unpaired) electrons. The zero-order valence-electron chi connectivity index (χ0n) is 38.7. The number of benzene rings is 5. The van der Waals surface area contributed by atoms with Gasteiger partial charge in [-0.25, -0.2) is 4.98 Å².